The van der Waals surface area contributed by atoms with Crippen molar-refractivity contribution in [3.05, 3.63) is 52.5 Å². The summed E-state index contributed by atoms with van der Waals surface area (Å²) in [5.74, 6) is 1.48. The van der Waals surface area contributed by atoms with Gasteiger partial charge >= 0.3 is 0 Å². The first-order valence-corrected chi connectivity index (χ1v) is 6.85. The van der Waals surface area contributed by atoms with E-state index in [9.17, 15) is 0 Å². The maximum Gasteiger partial charge on any atom is 0.141 e. The summed E-state index contributed by atoms with van der Waals surface area (Å²) in [6, 6.07) is 11.3. The van der Waals surface area contributed by atoms with E-state index in [-0.39, 0.29) is 0 Å². The van der Waals surface area contributed by atoms with Crippen molar-refractivity contribution < 1.29 is 9.47 Å². The minimum Gasteiger partial charge on any atom is -0.495 e. The first kappa shape index (κ1) is 14.5. The van der Waals surface area contributed by atoms with Crippen LogP contribution in [0, 0.1) is 0 Å². The number of hydrogen-bond acceptors (Lipinski definition) is 3. The lowest BCUT2D eigenvalue weighted by Crippen LogP contribution is -1.99. The normalized spacial score (nSPS) is 10.3. The molecule has 0 amide bonds. The zero-order chi connectivity index (χ0) is 14.5. The Hall–Kier alpha value is -1.87. The van der Waals surface area contributed by atoms with Crippen molar-refractivity contribution in [1.82, 2.24) is 0 Å². The molecule has 4 heteroatoms. The van der Waals surface area contributed by atoms with Crippen LogP contribution in [-0.4, -0.2) is 7.11 Å². The van der Waals surface area contributed by atoms with Crippen molar-refractivity contribution in [2.75, 3.05) is 12.8 Å². The first-order chi connectivity index (χ1) is 9.63. The van der Waals surface area contributed by atoms with Crippen LogP contribution in [0.1, 0.15) is 18.1 Å². The molecule has 20 heavy (non-hydrogen) atoms. The lowest BCUT2D eigenvalue weighted by molar-refractivity contribution is 0.306. The van der Waals surface area contributed by atoms with Crippen LogP contribution in [0.5, 0.6) is 11.5 Å². The number of rotatable bonds is 5. The van der Waals surface area contributed by atoms with Gasteiger partial charge in [-0.15, -0.1) is 0 Å². The van der Waals surface area contributed by atoms with Gasteiger partial charge in [0.2, 0.25) is 0 Å². The van der Waals surface area contributed by atoms with Crippen molar-refractivity contribution in [3.63, 3.8) is 0 Å². The SMILES string of the molecule is CCc1cc(OCc2ccc(OC)c(N)c2)ccc1Cl. The molecular formula is C16H18ClNO2. The summed E-state index contributed by atoms with van der Waals surface area (Å²) in [6.07, 6.45) is 0.880. The molecule has 2 rings (SSSR count). The van der Waals surface area contributed by atoms with E-state index in [1.54, 1.807) is 7.11 Å². The molecule has 106 valence electrons. The van der Waals surface area contributed by atoms with E-state index in [2.05, 4.69) is 6.92 Å². The smallest absolute Gasteiger partial charge is 0.141 e. The van der Waals surface area contributed by atoms with Gasteiger partial charge in [-0.3, -0.25) is 0 Å². The van der Waals surface area contributed by atoms with Crippen LogP contribution in [0.2, 0.25) is 5.02 Å². The van der Waals surface area contributed by atoms with Gasteiger partial charge in [0.05, 0.1) is 12.8 Å². The topological polar surface area (TPSA) is 44.5 Å². The van der Waals surface area contributed by atoms with Crippen LogP contribution >= 0.6 is 11.6 Å². The standard InChI is InChI=1S/C16H18ClNO2/c1-3-12-9-13(5-6-14(12)17)20-10-11-4-7-16(19-2)15(18)8-11/h4-9H,3,10,18H2,1-2H3. The summed E-state index contributed by atoms with van der Waals surface area (Å²) >= 11 is 6.08. The highest BCUT2D eigenvalue weighted by molar-refractivity contribution is 6.31. The summed E-state index contributed by atoms with van der Waals surface area (Å²) in [5, 5.41) is 0.772. The van der Waals surface area contributed by atoms with Crippen LogP contribution in [0.15, 0.2) is 36.4 Å². The maximum atomic E-state index is 6.08. The summed E-state index contributed by atoms with van der Waals surface area (Å²) < 4.78 is 10.9. The fraction of sp³-hybridized carbons (Fsp3) is 0.250. The van der Waals surface area contributed by atoms with E-state index in [1.807, 2.05) is 36.4 Å². The Kier molecular flexibility index (Phi) is 4.74. The van der Waals surface area contributed by atoms with Crippen LogP contribution in [0.4, 0.5) is 5.69 Å². The molecule has 0 heterocycles. The van der Waals surface area contributed by atoms with Gasteiger partial charge in [-0.05, 0) is 47.9 Å². The predicted octanol–water partition coefficient (Wildman–Crippen LogP) is 4.07. The number of methoxy groups -OCH3 is 1. The number of ether oxygens (including phenoxy) is 2. The van der Waals surface area contributed by atoms with Crippen molar-refractivity contribution >= 4 is 17.3 Å². The van der Waals surface area contributed by atoms with Crippen LogP contribution in [0.25, 0.3) is 0 Å². The highest BCUT2D eigenvalue weighted by Gasteiger charge is 2.04. The predicted molar refractivity (Wildman–Crippen MR) is 82.6 cm³/mol. The Morgan fingerprint density at radius 1 is 1.15 bits per heavy atom. The van der Waals surface area contributed by atoms with E-state index in [0.29, 0.717) is 18.0 Å². The van der Waals surface area contributed by atoms with E-state index in [4.69, 9.17) is 26.8 Å². The first-order valence-electron chi connectivity index (χ1n) is 6.47. The molecule has 2 N–H and O–H groups in total. The Balaban J connectivity index is 2.07. The fourth-order valence-electron chi connectivity index (χ4n) is 1.95. The molecule has 0 aromatic heterocycles. The molecule has 0 aliphatic carbocycles. The minimum atomic E-state index is 0.457. The molecule has 0 aliphatic rings. The number of benzene rings is 2. The number of halogens is 1. The molecule has 2 aromatic carbocycles. The number of hydrogen-bond donors (Lipinski definition) is 1. The monoisotopic (exact) mass is 291 g/mol. The molecule has 2 aromatic rings. The molecule has 0 atom stereocenters. The van der Waals surface area contributed by atoms with Crippen molar-refractivity contribution in [2.45, 2.75) is 20.0 Å². The third kappa shape index (κ3) is 3.36. The summed E-state index contributed by atoms with van der Waals surface area (Å²) in [7, 11) is 1.60. The molecule has 0 unspecified atom stereocenters. The molecule has 3 nitrogen and oxygen atoms in total. The largest absolute Gasteiger partial charge is 0.495 e. The highest BCUT2D eigenvalue weighted by Crippen LogP contribution is 2.25. The minimum absolute atomic E-state index is 0.457. The van der Waals surface area contributed by atoms with E-state index in [1.165, 1.54) is 0 Å². The Morgan fingerprint density at radius 3 is 2.60 bits per heavy atom. The summed E-state index contributed by atoms with van der Waals surface area (Å²) in [6.45, 7) is 2.52. The molecule has 0 radical (unpaired) electrons. The number of nitrogens with two attached hydrogens (primary N) is 1. The summed E-state index contributed by atoms with van der Waals surface area (Å²) in [4.78, 5) is 0. The van der Waals surface area contributed by atoms with E-state index >= 15 is 0 Å². The van der Waals surface area contributed by atoms with Crippen molar-refractivity contribution in [1.29, 1.82) is 0 Å². The van der Waals surface area contributed by atoms with E-state index in [0.717, 1.165) is 28.3 Å². The molecule has 0 aliphatic heterocycles. The van der Waals surface area contributed by atoms with Crippen molar-refractivity contribution in [2.24, 2.45) is 0 Å². The average molecular weight is 292 g/mol. The van der Waals surface area contributed by atoms with Gasteiger partial charge < -0.3 is 15.2 Å². The van der Waals surface area contributed by atoms with Gasteiger partial charge in [0.1, 0.15) is 18.1 Å². The van der Waals surface area contributed by atoms with E-state index < -0.39 is 0 Å². The molecular weight excluding hydrogens is 274 g/mol. The Labute approximate surface area is 124 Å². The number of aryl methyl sites for hydroxylation is 1. The third-order valence-corrected chi connectivity index (χ3v) is 3.47. The molecule has 0 saturated heterocycles. The van der Waals surface area contributed by atoms with Gasteiger partial charge in [-0.25, -0.2) is 0 Å². The van der Waals surface area contributed by atoms with Gasteiger partial charge in [0.25, 0.3) is 0 Å². The Morgan fingerprint density at radius 2 is 1.95 bits per heavy atom. The molecule has 0 bridgehead atoms. The lowest BCUT2D eigenvalue weighted by atomic mass is 10.1. The zero-order valence-electron chi connectivity index (χ0n) is 11.7. The third-order valence-electron chi connectivity index (χ3n) is 3.10. The fourth-order valence-corrected chi connectivity index (χ4v) is 2.20. The quantitative estimate of drug-likeness (QED) is 0.845. The second kappa shape index (κ2) is 6.53. The molecule has 0 fully saturated rings. The molecule has 0 saturated carbocycles. The number of anilines is 1. The van der Waals surface area contributed by atoms with Gasteiger partial charge in [-0.1, -0.05) is 24.6 Å². The average Bonchev–Trinajstić information content (AvgIpc) is 2.46. The van der Waals surface area contributed by atoms with Crippen LogP contribution < -0.4 is 15.2 Å². The van der Waals surface area contributed by atoms with Crippen LogP contribution in [0.3, 0.4) is 0 Å². The zero-order valence-corrected chi connectivity index (χ0v) is 12.4. The lowest BCUT2D eigenvalue weighted by Gasteiger charge is -2.10. The molecule has 0 spiro atoms. The summed E-state index contributed by atoms with van der Waals surface area (Å²) in [5.41, 5.74) is 8.56. The van der Waals surface area contributed by atoms with Gasteiger partial charge in [-0.2, -0.15) is 0 Å². The van der Waals surface area contributed by atoms with Crippen molar-refractivity contribution in [3.8, 4) is 11.5 Å². The second-order valence-electron chi connectivity index (χ2n) is 4.47. The second-order valence-corrected chi connectivity index (χ2v) is 4.88. The number of nitrogen functional groups attached to an aromatic ring is 1. The van der Waals surface area contributed by atoms with Gasteiger partial charge in [0.15, 0.2) is 0 Å². The van der Waals surface area contributed by atoms with Crippen LogP contribution in [-0.2, 0) is 13.0 Å². The Bertz CT molecular complexity index is 599. The highest BCUT2D eigenvalue weighted by atomic mass is 35.5. The maximum absolute atomic E-state index is 6.08. The van der Waals surface area contributed by atoms with Gasteiger partial charge in [0, 0.05) is 5.02 Å².